The van der Waals surface area contributed by atoms with Crippen molar-refractivity contribution in [3.63, 3.8) is 0 Å². The molecule has 2 heterocycles. The molecule has 0 bridgehead atoms. The van der Waals surface area contributed by atoms with Gasteiger partial charge in [0.15, 0.2) is 0 Å². The van der Waals surface area contributed by atoms with E-state index in [1.54, 1.807) is 29.5 Å². The number of esters is 1. The fourth-order valence-electron chi connectivity index (χ4n) is 2.54. The normalized spacial score (nSPS) is 17.5. The number of carbonyl (C=O) groups is 1. The van der Waals surface area contributed by atoms with Crippen LogP contribution < -0.4 is 4.74 Å². The molecule has 0 amide bonds. The molecule has 1 aromatic heterocycles. The molecule has 0 spiro atoms. The Morgan fingerprint density at radius 3 is 3.08 bits per heavy atom. The van der Waals surface area contributed by atoms with Crippen LogP contribution in [0.1, 0.15) is 40.3 Å². The maximum Gasteiger partial charge on any atom is 0.338 e. The van der Waals surface area contributed by atoms with Gasteiger partial charge in [-0.05, 0) is 44.4 Å². The van der Waals surface area contributed by atoms with Gasteiger partial charge >= 0.3 is 5.97 Å². The molecule has 3 rings (SSSR count). The van der Waals surface area contributed by atoms with Gasteiger partial charge in [0.05, 0.1) is 22.4 Å². The Morgan fingerprint density at radius 2 is 2.33 bits per heavy atom. The summed E-state index contributed by atoms with van der Waals surface area (Å²) in [6.45, 7) is 3.41. The standard InChI is InChI=1S/C18H21NO4S/c1-13-19-15(12-24-13)10-22-16-7-4-5-14(9-16)18(20)23-11-17-6-2-3-8-21-17/h4-5,7,9,12,17H,2-3,6,8,10-11H2,1H3. The van der Waals surface area contributed by atoms with E-state index in [4.69, 9.17) is 14.2 Å². The molecule has 6 heteroatoms. The molecule has 0 aliphatic carbocycles. The lowest BCUT2D eigenvalue weighted by atomic mass is 10.1. The first-order chi connectivity index (χ1) is 11.7. The highest BCUT2D eigenvalue weighted by Crippen LogP contribution is 2.18. The molecule has 0 N–H and O–H groups in total. The van der Waals surface area contributed by atoms with Gasteiger partial charge in [-0.3, -0.25) is 0 Å². The lowest BCUT2D eigenvalue weighted by Crippen LogP contribution is -2.25. The van der Waals surface area contributed by atoms with Gasteiger partial charge in [0.25, 0.3) is 0 Å². The number of thiazole rings is 1. The van der Waals surface area contributed by atoms with Crippen LogP contribution in [0.3, 0.4) is 0 Å². The maximum absolute atomic E-state index is 12.2. The molecule has 1 aromatic carbocycles. The number of ether oxygens (including phenoxy) is 3. The number of hydrogen-bond donors (Lipinski definition) is 0. The number of benzene rings is 1. The molecule has 24 heavy (non-hydrogen) atoms. The van der Waals surface area contributed by atoms with Crippen LogP contribution in [0.4, 0.5) is 0 Å². The molecule has 1 fully saturated rings. The third-order valence-electron chi connectivity index (χ3n) is 3.80. The van der Waals surface area contributed by atoms with E-state index in [0.717, 1.165) is 36.6 Å². The van der Waals surface area contributed by atoms with Crippen molar-refractivity contribution in [2.45, 2.75) is 38.9 Å². The van der Waals surface area contributed by atoms with Gasteiger partial charge in [-0.15, -0.1) is 11.3 Å². The molecular formula is C18H21NO4S. The Labute approximate surface area is 145 Å². The van der Waals surface area contributed by atoms with Crippen molar-refractivity contribution >= 4 is 17.3 Å². The molecule has 0 radical (unpaired) electrons. The lowest BCUT2D eigenvalue weighted by molar-refractivity contribution is -0.0300. The minimum atomic E-state index is -0.348. The topological polar surface area (TPSA) is 57.7 Å². The van der Waals surface area contributed by atoms with Crippen LogP contribution in [0.15, 0.2) is 29.6 Å². The summed E-state index contributed by atoms with van der Waals surface area (Å²) < 4.78 is 16.6. The highest BCUT2D eigenvalue weighted by molar-refractivity contribution is 7.09. The highest BCUT2D eigenvalue weighted by atomic mass is 32.1. The molecule has 1 atom stereocenters. The van der Waals surface area contributed by atoms with Gasteiger partial charge in [-0.2, -0.15) is 0 Å². The van der Waals surface area contributed by atoms with Crippen molar-refractivity contribution in [1.29, 1.82) is 0 Å². The van der Waals surface area contributed by atoms with Crippen molar-refractivity contribution in [2.75, 3.05) is 13.2 Å². The molecule has 1 unspecified atom stereocenters. The predicted molar refractivity (Wildman–Crippen MR) is 91.5 cm³/mol. The summed E-state index contributed by atoms with van der Waals surface area (Å²) in [5.74, 6) is 0.281. The van der Waals surface area contributed by atoms with Crippen molar-refractivity contribution < 1.29 is 19.0 Å². The summed E-state index contributed by atoms with van der Waals surface area (Å²) in [7, 11) is 0. The second-order valence-corrected chi connectivity index (χ2v) is 6.82. The minimum Gasteiger partial charge on any atom is -0.487 e. The Bertz CT molecular complexity index is 679. The predicted octanol–water partition coefficient (Wildman–Crippen LogP) is 3.76. The monoisotopic (exact) mass is 347 g/mol. The average Bonchev–Trinajstić information content (AvgIpc) is 3.04. The van der Waals surface area contributed by atoms with Crippen LogP contribution in [-0.4, -0.2) is 30.3 Å². The van der Waals surface area contributed by atoms with Crippen molar-refractivity contribution in [2.24, 2.45) is 0 Å². The van der Waals surface area contributed by atoms with E-state index < -0.39 is 0 Å². The molecule has 1 saturated heterocycles. The summed E-state index contributed by atoms with van der Waals surface area (Å²) in [4.78, 5) is 16.5. The number of carbonyl (C=O) groups excluding carboxylic acids is 1. The average molecular weight is 347 g/mol. The van der Waals surface area contributed by atoms with Gasteiger partial charge in [-0.1, -0.05) is 6.07 Å². The summed E-state index contributed by atoms with van der Waals surface area (Å²) in [5.41, 5.74) is 1.37. The van der Waals surface area contributed by atoms with E-state index in [1.165, 1.54) is 0 Å². The molecule has 1 aliphatic heterocycles. The minimum absolute atomic E-state index is 0.0232. The second-order valence-electron chi connectivity index (χ2n) is 5.76. The molecule has 1 aliphatic rings. The summed E-state index contributed by atoms with van der Waals surface area (Å²) in [5, 5.41) is 2.98. The van der Waals surface area contributed by atoms with Gasteiger partial charge in [0.2, 0.25) is 0 Å². The Balaban J connectivity index is 1.52. The van der Waals surface area contributed by atoms with Crippen LogP contribution >= 0.6 is 11.3 Å². The fraction of sp³-hybridized carbons (Fsp3) is 0.444. The number of aryl methyl sites for hydroxylation is 1. The van der Waals surface area contributed by atoms with Crippen LogP contribution in [0, 0.1) is 6.92 Å². The van der Waals surface area contributed by atoms with Crippen LogP contribution in [0.5, 0.6) is 5.75 Å². The Morgan fingerprint density at radius 1 is 1.42 bits per heavy atom. The first-order valence-corrected chi connectivity index (χ1v) is 9.01. The Kier molecular flexibility index (Phi) is 5.82. The molecular weight excluding hydrogens is 326 g/mol. The molecule has 5 nitrogen and oxygen atoms in total. The van der Waals surface area contributed by atoms with E-state index in [1.807, 2.05) is 18.4 Å². The van der Waals surface area contributed by atoms with E-state index in [2.05, 4.69) is 4.98 Å². The third kappa shape index (κ3) is 4.79. The Hall–Kier alpha value is -1.92. The SMILES string of the molecule is Cc1nc(COc2cccc(C(=O)OCC3CCCCO3)c2)cs1. The zero-order valence-corrected chi connectivity index (χ0v) is 14.5. The molecule has 128 valence electrons. The largest absolute Gasteiger partial charge is 0.487 e. The second kappa shape index (κ2) is 8.26. The van der Waals surface area contributed by atoms with Gasteiger partial charge in [0.1, 0.15) is 19.0 Å². The van der Waals surface area contributed by atoms with E-state index in [0.29, 0.717) is 24.5 Å². The first-order valence-electron chi connectivity index (χ1n) is 8.13. The van der Waals surface area contributed by atoms with Gasteiger partial charge in [-0.25, -0.2) is 9.78 Å². The zero-order valence-electron chi connectivity index (χ0n) is 13.7. The number of rotatable bonds is 6. The van der Waals surface area contributed by atoms with Crippen LogP contribution in [0.25, 0.3) is 0 Å². The van der Waals surface area contributed by atoms with Crippen molar-refractivity contribution in [3.8, 4) is 5.75 Å². The zero-order chi connectivity index (χ0) is 16.8. The van der Waals surface area contributed by atoms with Crippen LogP contribution in [-0.2, 0) is 16.1 Å². The maximum atomic E-state index is 12.2. The third-order valence-corrected chi connectivity index (χ3v) is 4.62. The van der Waals surface area contributed by atoms with E-state index in [-0.39, 0.29) is 12.1 Å². The summed E-state index contributed by atoms with van der Waals surface area (Å²) in [6, 6.07) is 7.03. The quantitative estimate of drug-likeness (QED) is 0.745. The number of nitrogens with zero attached hydrogens (tertiary/aromatic N) is 1. The van der Waals surface area contributed by atoms with Gasteiger partial charge < -0.3 is 14.2 Å². The van der Waals surface area contributed by atoms with Crippen molar-refractivity contribution in [1.82, 2.24) is 4.98 Å². The smallest absolute Gasteiger partial charge is 0.338 e. The number of aromatic nitrogens is 1. The lowest BCUT2D eigenvalue weighted by Gasteiger charge is -2.22. The molecule has 0 saturated carbocycles. The number of hydrogen-bond acceptors (Lipinski definition) is 6. The van der Waals surface area contributed by atoms with E-state index >= 15 is 0 Å². The summed E-state index contributed by atoms with van der Waals surface area (Å²) in [6.07, 6.45) is 3.18. The first kappa shape index (κ1) is 16.9. The van der Waals surface area contributed by atoms with Crippen molar-refractivity contribution in [3.05, 3.63) is 45.9 Å². The van der Waals surface area contributed by atoms with Gasteiger partial charge in [0, 0.05) is 12.0 Å². The van der Waals surface area contributed by atoms with Crippen LogP contribution in [0.2, 0.25) is 0 Å². The van der Waals surface area contributed by atoms with E-state index in [9.17, 15) is 4.79 Å². The fourth-order valence-corrected chi connectivity index (χ4v) is 3.13. The highest BCUT2D eigenvalue weighted by Gasteiger charge is 2.17. The molecule has 2 aromatic rings. The summed E-state index contributed by atoms with van der Waals surface area (Å²) >= 11 is 1.59.